The van der Waals surface area contributed by atoms with Gasteiger partial charge >= 0.3 is 5.97 Å². The lowest BCUT2D eigenvalue weighted by molar-refractivity contribution is 0.0600. The lowest BCUT2D eigenvalue weighted by atomic mass is 10.1. The predicted octanol–water partition coefficient (Wildman–Crippen LogP) is 1.45. The second-order valence-electron chi connectivity index (χ2n) is 2.65. The van der Waals surface area contributed by atoms with Crippen LogP contribution in [0.5, 0.6) is 0 Å². The third kappa shape index (κ3) is 2.56. The SMILES string of the molecule is COC(=O)c1cccc(CC[O])c1. The van der Waals surface area contributed by atoms with Crippen LogP contribution in [0.25, 0.3) is 0 Å². The third-order valence-electron chi connectivity index (χ3n) is 1.74. The Hall–Kier alpha value is -1.35. The summed E-state index contributed by atoms with van der Waals surface area (Å²) >= 11 is 0. The Labute approximate surface area is 77.0 Å². The Balaban J connectivity index is 2.85. The number of hydrogen-bond acceptors (Lipinski definition) is 2. The van der Waals surface area contributed by atoms with Gasteiger partial charge in [-0.05, 0) is 24.1 Å². The van der Waals surface area contributed by atoms with Crippen LogP contribution in [0.2, 0.25) is 0 Å². The van der Waals surface area contributed by atoms with Crippen LogP contribution in [0, 0.1) is 0 Å². The first-order valence-corrected chi connectivity index (χ1v) is 4.03. The Morgan fingerprint density at radius 1 is 1.46 bits per heavy atom. The Morgan fingerprint density at radius 3 is 2.85 bits per heavy atom. The van der Waals surface area contributed by atoms with Crippen LogP contribution >= 0.6 is 0 Å². The maximum Gasteiger partial charge on any atom is 0.337 e. The van der Waals surface area contributed by atoms with Gasteiger partial charge in [0.15, 0.2) is 0 Å². The molecule has 0 aliphatic rings. The molecule has 0 bridgehead atoms. The average Bonchev–Trinajstić information content (AvgIpc) is 2.18. The summed E-state index contributed by atoms with van der Waals surface area (Å²) in [5.41, 5.74) is 1.37. The minimum atomic E-state index is -0.368. The number of hydrogen-bond donors (Lipinski definition) is 0. The molecule has 69 valence electrons. The standard InChI is InChI=1S/C10H11O3/c1-13-10(12)9-4-2-3-8(7-9)5-6-11/h2-4,7H,5-6H2,1H3. The van der Waals surface area contributed by atoms with E-state index in [0.717, 1.165) is 5.56 Å². The topological polar surface area (TPSA) is 46.2 Å². The van der Waals surface area contributed by atoms with E-state index in [1.165, 1.54) is 7.11 Å². The maximum atomic E-state index is 11.1. The average molecular weight is 179 g/mol. The van der Waals surface area contributed by atoms with Crippen molar-refractivity contribution in [1.29, 1.82) is 0 Å². The molecule has 0 atom stereocenters. The molecule has 0 heterocycles. The molecule has 1 rings (SSSR count). The molecular formula is C10H11O3. The second-order valence-corrected chi connectivity index (χ2v) is 2.65. The van der Waals surface area contributed by atoms with Gasteiger partial charge in [-0.15, -0.1) is 0 Å². The summed E-state index contributed by atoms with van der Waals surface area (Å²) in [6.45, 7) is -0.162. The summed E-state index contributed by atoms with van der Waals surface area (Å²) in [6, 6.07) is 6.92. The Morgan fingerprint density at radius 2 is 2.23 bits per heavy atom. The highest BCUT2D eigenvalue weighted by Crippen LogP contribution is 2.06. The van der Waals surface area contributed by atoms with Crippen LogP contribution in [0.3, 0.4) is 0 Å². The van der Waals surface area contributed by atoms with Gasteiger partial charge in [0, 0.05) is 0 Å². The zero-order chi connectivity index (χ0) is 9.68. The van der Waals surface area contributed by atoms with Gasteiger partial charge in [0.2, 0.25) is 0 Å². The highest BCUT2D eigenvalue weighted by molar-refractivity contribution is 5.89. The van der Waals surface area contributed by atoms with Gasteiger partial charge in [-0.1, -0.05) is 12.1 Å². The molecule has 1 radical (unpaired) electrons. The van der Waals surface area contributed by atoms with Crippen LogP contribution in [0.1, 0.15) is 15.9 Å². The monoisotopic (exact) mass is 179 g/mol. The number of esters is 1. The molecule has 13 heavy (non-hydrogen) atoms. The molecule has 1 aromatic rings. The van der Waals surface area contributed by atoms with Crippen molar-refractivity contribution in [3.05, 3.63) is 35.4 Å². The van der Waals surface area contributed by atoms with Gasteiger partial charge in [-0.3, -0.25) is 0 Å². The Bertz CT molecular complexity index is 294. The van der Waals surface area contributed by atoms with Gasteiger partial charge in [0.25, 0.3) is 0 Å². The number of benzene rings is 1. The van der Waals surface area contributed by atoms with Crippen LogP contribution in [-0.2, 0) is 16.3 Å². The zero-order valence-corrected chi connectivity index (χ0v) is 7.45. The van der Waals surface area contributed by atoms with Gasteiger partial charge in [-0.2, -0.15) is 0 Å². The number of carbonyl (C=O) groups is 1. The number of methoxy groups -OCH3 is 1. The van der Waals surface area contributed by atoms with Crippen molar-refractivity contribution in [3.8, 4) is 0 Å². The lowest BCUT2D eigenvalue weighted by Crippen LogP contribution is -2.02. The second kappa shape index (κ2) is 4.62. The molecule has 0 aromatic heterocycles. The molecule has 3 heteroatoms. The predicted molar refractivity (Wildman–Crippen MR) is 47.0 cm³/mol. The van der Waals surface area contributed by atoms with Crippen molar-refractivity contribution in [1.82, 2.24) is 0 Å². The zero-order valence-electron chi connectivity index (χ0n) is 7.45. The summed E-state index contributed by atoms with van der Waals surface area (Å²) in [5, 5.41) is 10.3. The molecule has 0 saturated heterocycles. The highest BCUT2D eigenvalue weighted by Gasteiger charge is 2.04. The Kier molecular flexibility index (Phi) is 3.46. The molecule has 0 amide bonds. The van der Waals surface area contributed by atoms with E-state index in [1.807, 2.05) is 6.07 Å². The van der Waals surface area contributed by atoms with E-state index in [4.69, 9.17) is 0 Å². The first kappa shape index (κ1) is 9.74. The minimum Gasteiger partial charge on any atom is -0.465 e. The van der Waals surface area contributed by atoms with Gasteiger partial charge in [0.1, 0.15) is 0 Å². The van der Waals surface area contributed by atoms with Crippen molar-refractivity contribution in [3.63, 3.8) is 0 Å². The van der Waals surface area contributed by atoms with E-state index < -0.39 is 0 Å². The van der Waals surface area contributed by atoms with Crippen molar-refractivity contribution in [2.75, 3.05) is 13.7 Å². The quantitative estimate of drug-likeness (QED) is 0.659. The molecule has 0 saturated carbocycles. The van der Waals surface area contributed by atoms with Crippen LogP contribution in [0.15, 0.2) is 24.3 Å². The summed E-state index contributed by atoms with van der Waals surface area (Å²) in [6.07, 6.45) is 0.449. The summed E-state index contributed by atoms with van der Waals surface area (Å²) in [5.74, 6) is -0.368. The van der Waals surface area contributed by atoms with E-state index in [1.54, 1.807) is 18.2 Å². The van der Waals surface area contributed by atoms with Crippen molar-refractivity contribution in [2.24, 2.45) is 0 Å². The van der Waals surface area contributed by atoms with Crippen LogP contribution in [-0.4, -0.2) is 19.7 Å². The van der Waals surface area contributed by atoms with Crippen molar-refractivity contribution in [2.45, 2.75) is 6.42 Å². The van der Waals surface area contributed by atoms with E-state index >= 15 is 0 Å². The van der Waals surface area contributed by atoms with Gasteiger partial charge in [0.05, 0.1) is 19.3 Å². The van der Waals surface area contributed by atoms with Crippen LogP contribution in [0.4, 0.5) is 0 Å². The first-order valence-electron chi connectivity index (χ1n) is 4.03. The largest absolute Gasteiger partial charge is 0.465 e. The molecule has 0 aliphatic carbocycles. The summed E-state index contributed by atoms with van der Waals surface area (Å²) in [4.78, 5) is 11.1. The first-order chi connectivity index (χ1) is 6.27. The molecule has 0 spiro atoms. The maximum absolute atomic E-state index is 11.1. The van der Waals surface area contributed by atoms with E-state index in [-0.39, 0.29) is 12.6 Å². The fourth-order valence-electron chi connectivity index (χ4n) is 1.09. The van der Waals surface area contributed by atoms with Gasteiger partial charge < -0.3 is 4.74 Å². The molecule has 0 fully saturated rings. The molecule has 0 aliphatic heterocycles. The fourth-order valence-corrected chi connectivity index (χ4v) is 1.09. The summed E-state index contributed by atoms with van der Waals surface area (Å²) < 4.78 is 4.55. The fraction of sp³-hybridized carbons (Fsp3) is 0.300. The van der Waals surface area contributed by atoms with E-state index in [0.29, 0.717) is 12.0 Å². The third-order valence-corrected chi connectivity index (χ3v) is 1.74. The number of ether oxygens (including phenoxy) is 1. The van der Waals surface area contributed by atoms with E-state index in [2.05, 4.69) is 4.74 Å². The molecular weight excluding hydrogens is 168 g/mol. The van der Waals surface area contributed by atoms with Crippen LogP contribution < -0.4 is 0 Å². The smallest absolute Gasteiger partial charge is 0.337 e. The number of rotatable bonds is 3. The van der Waals surface area contributed by atoms with E-state index in [9.17, 15) is 9.90 Å². The highest BCUT2D eigenvalue weighted by atomic mass is 16.5. The van der Waals surface area contributed by atoms with Crippen molar-refractivity contribution >= 4 is 5.97 Å². The molecule has 3 nitrogen and oxygen atoms in total. The molecule has 0 N–H and O–H groups in total. The summed E-state index contributed by atoms with van der Waals surface area (Å²) in [7, 11) is 1.34. The van der Waals surface area contributed by atoms with Crippen molar-refractivity contribution < 1.29 is 14.6 Å². The normalized spacial score (nSPS) is 9.69. The van der Waals surface area contributed by atoms with Gasteiger partial charge in [-0.25, -0.2) is 9.90 Å². The molecule has 1 aromatic carbocycles. The lowest BCUT2D eigenvalue weighted by Gasteiger charge is -2.01. The minimum absolute atomic E-state index is 0.162. The molecule has 0 unspecified atom stereocenters. The number of carbonyl (C=O) groups excluding carboxylic acids is 1.